The Bertz CT molecular complexity index is 2410. The predicted octanol–water partition coefficient (Wildman–Crippen LogP) is 29.3. The average Bonchev–Trinajstić information content (AvgIpc) is 0.951. The van der Waals surface area contributed by atoms with Crippen LogP contribution in [0.3, 0.4) is 0 Å². The Balaban J connectivity index is 3.93. The number of likely N-dealkylation sites (N-methyl/N-ethyl adjacent to an activating group) is 1. The van der Waals surface area contributed by atoms with Crippen molar-refractivity contribution in [2.24, 2.45) is 0 Å². The van der Waals surface area contributed by atoms with Crippen LogP contribution in [-0.4, -0.2) is 70.0 Å². The van der Waals surface area contributed by atoms with Gasteiger partial charge in [-0.15, -0.1) is 0 Å². The van der Waals surface area contributed by atoms with E-state index in [1.54, 1.807) is 0 Å². The summed E-state index contributed by atoms with van der Waals surface area (Å²) in [7, 11) is 1.17. The smallest absolute Gasteiger partial charge is 0.306 e. The van der Waals surface area contributed by atoms with E-state index in [-0.39, 0.29) is 32.0 Å². The van der Waals surface area contributed by atoms with Crippen LogP contribution < -0.4 is 4.89 Å². The first kappa shape index (κ1) is 101. The molecule has 0 rings (SSSR count). The molecule has 0 aliphatic carbocycles. The van der Waals surface area contributed by atoms with Gasteiger partial charge in [-0.1, -0.05) is 402 Å². The van der Waals surface area contributed by atoms with E-state index in [2.05, 4.69) is 184 Å². The maximum Gasteiger partial charge on any atom is 0.306 e. The molecule has 0 N–H and O–H groups in total. The molecule has 2 unspecified atom stereocenters. The van der Waals surface area contributed by atoms with Gasteiger partial charge in [0.25, 0.3) is 7.82 Å². The quantitative estimate of drug-likeness (QED) is 0.0195. The van der Waals surface area contributed by atoms with E-state index in [4.69, 9.17) is 18.5 Å². The molecule has 0 aliphatic heterocycles. The van der Waals surface area contributed by atoms with Crippen LogP contribution in [0.15, 0.2) is 170 Å². The van der Waals surface area contributed by atoms with Crippen molar-refractivity contribution in [3.63, 3.8) is 0 Å². The number of carbonyl (C=O) groups excluding carboxylic acids is 2. The van der Waals surface area contributed by atoms with E-state index in [0.717, 1.165) is 128 Å². The fraction of sp³-hybridized carbons (Fsp3) is 0.688. The molecule has 0 aromatic carbocycles. The first-order valence-corrected chi connectivity index (χ1v) is 45.3. The maximum atomic E-state index is 12.9. The molecule has 0 aromatic rings. The SMILES string of the molecule is CC/C=C\C/C=C\C/C=C\C/C=C\C/C=C\C/C=C\C/C=C\CCCCCCCCCCCCCCCCCCCCCC(=O)OCC(COP(=O)([O-])OCC[N+](C)(C)C)OC(=O)CCCCCCCCCCCCCCCCCCCCC/C=C\C/C=C\C/C=C\C/C=C\C/C=C\C/C=C\C/C=C\CC. The van der Waals surface area contributed by atoms with Gasteiger partial charge in [0.2, 0.25) is 0 Å². The van der Waals surface area contributed by atoms with Gasteiger partial charge in [0.05, 0.1) is 27.7 Å². The molecule has 106 heavy (non-hydrogen) atoms. The van der Waals surface area contributed by atoms with E-state index >= 15 is 0 Å². The number of phosphoric acid groups is 1. The topological polar surface area (TPSA) is 111 Å². The van der Waals surface area contributed by atoms with Gasteiger partial charge in [-0.25, -0.2) is 0 Å². The molecule has 0 saturated heterocycles. The largest absolute Gasteiger partial charge is 0.756 e. The lowest BCUT2D eigenvalue weighted by atomic mass is 10.0. The number of ether oxygens (including phenoxy) is 2. The molecule has 0 saturated carbocycles. The van der Waals surface area contributed by atoms with Crippen LogP contribution in [0.2, 0.25) is 0 Å². The minimum absolute atomic E-state index is 0.0339. The summed E-state index contributed by atoms with van der Waals surface area (Å²) in [5.74, 6) is -0.822. The van der Waals surface area contributed by atoms with Gasteiger partial charge < -0.3 is 27.9 Å². The second-order valence-electron chi connectivity index (χ2n) is 30.1. The summed E-state index contributed by atoms with van der Waals surface area (Å²) >= 11 is 0. The third-order valence-electron chi connectivity index (χ3n) is 18.7. The average molecular weight is 1490 g/mol. The summed E-state index contributed by atoms with van der Waals surface area (Å²) in [5, 5.41) is 0. The zero-order chi connectivity index (χ0) is 76.8. The molecule has 2 atom stereocenters. The summed E-state index contributed by atoms with van der Waals surface area (Å²) in [6.07, 6.45) is 128. The molecule has 606 valence electrons. The molecule has 0 bridgehead atoms. The number of hydrogen-bond acceptors (Lipinski definition) is 8. The summed E-state index contributed by atoms with van der Waals surface area (Å²) in [6, 6.07) is 0. The van der Waals surface area contributed by atoms with Gasteiger partial charge in [-0.2, -0.15) is 0 Å². The maximum absolute atomic E-state index is 12.9. The van der Waals surface area contributed by atoms with Crippen LogP contribution in [-0.2, 0) is 32.7 Å². The normalized spacial score (nSPS) is 13.8. The standard InChI is InChI=1S/C96H164NO8P/c1-6-8-10-12-14-16-18-20-22-24-26-28-30-32-34-36-38-40-42-44-46-48-50-52-54-56-58-60-62-64-66-68-70-72-74-76-78-80-82-84-86-88-95(98)102-92-94(93-104-106(100,101)103-91-90-97(3,4)5)105-96(99)89-87-85-83-81-79-77-75-73-71-69-67-65-63-61-59-57-55-53-51-49-47-45-43-41-39-37-35-33-31-29-27-25-23-21-19-17-15-13-11-9-7-2/h8-11,14-17,20-23,26-29,32-35,38-41,44-47,94H,6-7,12-13,18-19,24-25,30-31,36-37,42-43,48-93H2,1-5H3/b10-8-,11-9-,16-14-,17-15-,22-20-,23-21-,28-26-,29-27-,34-32-,35-33-,40-38-,41-39-,46-44-,47-45-. The lowest BCUT2D eigenvalue weighted by Crippen LogP contribution is -2.37. The van der Waals surface area contributed by atoms with Crippen LogP contribution in [0.4, 0.5) is 0 Å². The van der Waals surface area contributed by atoms with Gasteiger partial charge in [-0.3, -0.25) is 14.2 Å². The molecule has 10 heteroatoms. The van der Waals surface area contributed by atoms with Crippen LogP contribution in [0.1, 0.15) is 373 Å². The molecule has 0 radical (unpaired) electrons. The summed E-state index contributed by atoms with van der Waals surface area (Å²) in [5.41, 5.74) is 0. The summed E-state index contributed by atoms with van der Waals surface area (Å²) in [4.78, 5) is 38.3. The lowest BCUT2D eigenvalue weighted by molar-refractivity contribution is -0.870. The Morgan fingerprint density at radius 1 is 0.292 bits per heavy atom. The second-order valence-corrected chi connectivity index (χ2v) is 31.6. The zero-order valence-electron chi connectivity index (χ0n) is 69.3. The molecule has 0 heterocycles. The Labute approximate surface area is 655 Å². The number of phosphoric ester groups is 1. The van der Waals surface area contributed by atoms with Gasteiger partial charge >= 0.3 is 11.9 Å². The van der Waals surface area contributed by atoms with Gasteiger partial charge in [-0.05, 0) is 128 Å². The number of rotatable bonds is 80. The number of hydrogen-bond donors (Lipinski definition) is 0. The van der Waals surface area contributed by atoms with Gasteiger partial charge in [0, 0.05) is 12.8 Å². The first-order chi connectivity index (χ1) is 52.0. The fourth-order valence-electron chi connectivity index (χ4n) is 12.2. The Morgan fingerprint density at radius 3 is 0.755 bits per heavy atom. The van der Waals surface area contributed by atoms with Crippen molar-refractivity contribution in [2.75, 3.05) is 47.5 Å². The van der Waals surface area contributed by atoms with Crippen molar-refractivity contribution < 1.29 is 42.1 Å². The first-order valence-electron chi connectivity index (χ1n) is 43.8. The Hall–Kier alpha value is -4.63. The van der Waals surface area contributed by atoms with Crippen LogP contribution in [0, 0.1) is 0 Å². The molecule has 0 amide bonds. The van der Waals surface area contributed by atoms with E-state index in [9.17, 15) is 19.0 Å². The number of unbranched alkanes of at least 4 members (excludes halogenated alkanes) is 38. The van der Waals surface area contributed by atoms with E-state index in [1.807, 2.05) is 21.1 Å². The molecular formula is C96H164NO8P. The van der Waals surface area contributed by atoms with Crippen LogP contribution in [0.25, 0.3) is 0 Å². The predicted molar refractivity (Wildman–Crippen MR) is 461 cm³/mol. The highest BCUT2D eigenvalue weighted by molar-refractivity contribution is 7.45. The molecule has 0 aromatic heterocycles. The lowest BCUT2D eigenvalue weighted by Gasteiger charge is -2.28. The third-order valence-corrected chi connectivity index (χ3v) is 19.7. The van der Waals surface area contributed by atoms with Crippen molar-refractivity contribution >= 4 is 19.8 Å². The van der Waals surface area contributed by atoms with Crippen molar-refractivity contribution in [3.05, 3.63) is 170 Å². The van der Waals surface area contributed by atoms with E-state index < -0.39 is 26.5 Å². The summed E-state index contributed by atoms with van der Waals surface area (Å²) in [6.45, 7) is 4.04. The van der Waals surface area contributed by atoms with Crippen molar-refractivity contribution in [3.8, 4) is 0 Å². The van der Waals surface area contributed by atoms with E-state index in [0.29, 0.717) is 17.4 Å². The van der Waals surface area contributed by atoms with Crippen molar-refractivity contribution in [1.82, 2.24) is 0 Å². The molecular weight excluding hydrogens is 1330 g/mol. The monoisotopic (exact) mass is 1490 g/mol. The molecule has 0 fully saturated rings. The number of esters is 2. The second kappa shape index (κ2) is 84.4. The van der Waals surface area contributed by atoms with Gasteiger partial charge in [0.15, 0.2) is 6.10 Å². The minimum atomic E-state index is -4.65. The Morgan fingerprint density at radius 2 is 0.509 bits per heavy atom. The number of carbonyl (C=O) groups is 2. The summed E-state index contributed by atoms with van der Waals surface area (Å²) < 4.78 is 34.5. The van der Waals surface area contributed by atoms with Gasteiger partial charge in [0.1, 0.15) is 19.8 Å². The molecule has 9 nitrogen and oxygen atoms in total. The minimum Gasteiger partial charge on any atom is -0.756 e. The highest BCUT2D eigenvalue weighted by atomic mass is 31.2. The molecule has 0 spiro atoms. The van der Waals surface area contributed by atoms with Crippen molar-refractivity contribution in [2.45, 2.75) is 380 Å². The number of quaternary nitrogens is 1. The Kier molecular flexibility index (Phi) is 80.7. The number of allylic oxidation sites excluding steroid dienone is 28. The highest BCUT2D eigenvalue weighted by Crippen LogP contribution is 2.38. The third kappa shape index (κ3) is 88.3. The number of nitrogens with zero attached hydrogens (tertiary/aromatic N) is 1. The fourth-order valence-corrected chi connectivity index (χ4v) is 12.9. The van der Waals surface area contributed by atoms with Crippen LogP contribution >= 0.6 is 7.82 Å². The zero-order valence-corrected chi connectivity index (χ0v) is 70.2. The molecule has 0 aliphatic rings. The highest BCUT2D eigenvalue weighted by Gasteiger charge is 2.22. The van der Waals surface area contributed by atoms with Crippen molar-refractivity contribution in [1.29, 1.82) is 0 Å². The van der Waals surface area contributed by atoms with E-state index in [1.165, 1.54) is 212 Å². The van der Waals surface area contributed by atoms with Crippen LogP contribution in [0.5, 0.6) is 0 Å².